The van der Waals surface area contributed by atoms with Gasteiger partial charge in [0.15, 0.2) is 5.58 Å². The van der Waals surface area contributed by atoms with E-state index in [0.717, 1.165) is 5.39 Å². The number of benzene rings is 1. The van der Waals surface area contributed by atoms with Gasteiger partial charge in [0.2, 0.25) is 0 Å². The van der Waals surface area contributed by atoms with E-state index in [-0.39, 0.29) is 6.10 Å². The molecule has 0 spiro atoms. The van der Waals surface area contributed by atoms with Crippen LogP contribution in [0.2, 0.25) is 0 Å². The Morgan fingerprint density at radius 2 is 2.33 bits per heavy atom. The molecule has 0 amide bonds. The second kappa shape index (κ2) is 4.30. The van der Waals surface area contributed by atoms with E-state index in [0.29, 0.717) is 24.4 Å². The van der Waals surface area contributed by atoms with E-state index in [4.69, 9.17) is 14.4 Å². The fourth-order valence-electron chi connectivity index (χ4n) is 2.09. The van der Waals surface area contributed by atoms with Crippen molar-refractivity contribution in [1.29, 1.82) is 0 Å². The first-order valence-electron chi connectivity index (χ1n) is 5.71. The Balaban J connectivity index is 1.76. The monoisotopic (exact) mass is 248 g/mol. The summed E-state index contributed by atoms with van der Waals surface area (Å²) in [4.78, 5) is 10.8. The van der Waals surface area contributed by atoms with Gasteiger partial charge >= 0.3 is 5.97 Å². The SMILES string of the molecule is O=C(O)C1CC(Oc2noc3ccccc23)CN1. The van der Waals surface area contributed by atoms with E-state index in [1.165, 1.54) is 0 Å². The third kappa shape index (κ3) is 1.91. The third-order valence-corrected chi connectivity index (χ3v) is 3.01. The summed E-state index contributed by atoms with van der Waals surface area (Å²) in [6.07, 6.45) is 0.232. The molecule has 0 saturated carbocycles. The number of hydrogen-bond acceptors (Lipinski definition) is 5. The van der Waals surface area contributed by atoms with Gasteiger partial charge in [0.1, 0.15) is 12.1 Å². The molecule has 2 atom stereocenters. The van der Waals surface area contributed by atoms with Crippen LogP contribution >= 0.6 is 0 Å². The normalized spacial score (nSPS) is 23.3. The zero-order chi connectivity index (χ0) is 12.5. The molecule has 2 N–H and O–H groups in total. The van der Waals surface area contributed by atoms with Crippen LogP contribution in [0, 0.1) is 0 Å². The maximum atomic E-state index is 10.8. The summed E-state index contributed by atoms with van der Waals surface area (Å²) in [7, 11) is 0. The highest BCUT2D eigenvalue weighted by molar-refractivity contribution is 5.81. The second-order valence-electron chi connectivity index (χ2n) is 4.26. The number of nitrogens with zero attached hydrogens (tertiary/aromatic N) is 1. The van der Waals surface area contributed by atoms with E-state index in [9.17, 15) is 4.79 Å². The Morgan fingerprint density at radius 3 is 3.11 bits per heavy atom. The first-order valence-corrected chi connectivity index (χ1v) is 5.71. The molecule has 3 rings (SSSR count). The lowest BCUT2D eigenvalue weighted by Gasteiger charge is -2.09. The van der Waals surface area contributed by atoms with Crippen molar-refractivity contribution in [3.8, 4) is 5.88 Å². The number of aromatic nitrogens is 1. The average Bonchev–Trinajstić information content (AvgIpc) is 2.98. The Labute approximate surface area is 103 Å². The minimum atomic E-state index is -0.855. The summed E-state index contributed by atoms with van der Waals surface area (Å²) in [5.74, 6) is -0.436. The number of carbonyl (C=O) groups is 1. The van der Waals surface area contributed by atoms with Crippen molar-refractivity contribution in [3.05, 3.63) is 24.3 Å². The number of rotatable bonds is 3. The summed E-state index contributed by atoms with van der Waals surface area (Å²) in [5.41, 5.74) is 0.660. The molecule has 0 aliphatic carbocycles. The first-order chi connectivity index (χ1) is 8.74. The summed E-state index contributed by atoms with van der Waals surface area (Å²) in [6.45, 7) is 0.498. The molecule has 1 aromatic heterocycles. The molecule has 2 unspecified atom stereocenters. The number of carboxylic acids is 1. The van der Waals surface area contributed by atoms with E-state index < -0.39 is 12.0 Å². The summed E-state index contributed by atoms with van der Waals surface area (Å²) in [6, 6.07) is 6.85. The van der Waals surface area contributed by atoms with Crippen LogP contribution in [0.25, 0.3) is 11.0 Å². The number of para-hydroxylation sites is 1. The molecule has 1 aliphatic rings. The molecule has 2 aromatic rings. The van der Waals surface area contributed by atoms with Crippen molar-refractivity contribution in [1.82, 2.24) is 10.5 Å². The van der Waals surface area contributed by atoms with Crippen molar-refractivity contribution in [2.24, 2.45) is 0 Å². The van der Waals surface area contributed by atoms with Gasteiger partial charge in [0, 0.05) is 13.0 Å². The number of ether oxygens (including phenoxy) is 1. The van der Waals surface area contributed by atoms with E-state index in [1.54, 1.807) is 0 Å². The van der Waals surface area contributed by atoms with Gasteiger partial charge in [-0.3, -0.25) is 4.79 Å². The lowest BCUT2D eigenvalue weighted by molar-refractivity contribution is -0.139. The quantitative estimate of drug-likeness (QED) is 0.843. The van der Waals surface area contributed by atoms with Crippen LogP contribution in [-0.2, 0) is 4.79 Å². The zero-order valence-electron chi connectivity index (χ0n) is 9.50. The maximum Gasteiger partial charge on any atom is 0.320 e. The number of nitrogens with one attached hydrogen (secondary N) is 1. The van der Waals surface area contributed by atoms with E-state index >= 15 is 0 Å². The van der Waals surface area contributed by atoms with Crippen molar-refractivity contribution in [2.45, 2.75) is 18.6 Å². The van der Waals surface area contributed by atoms with Crippen molar-refractivity contribution >= 4 is 16.9 Å². The third-order valence-electron chi connectivity index (χ3n) is 3.01. The van der Waals surface area contributed by atoms with Crippen LogP contribution in [-0.4, -0.2) is 34.9 Å². The highest BCUT2D eigenvalue weighted by atomic mass is 16.5. The highest BCUT2D eigenvalue weighted by Gasteiger charge is 2.31. The minimum absolute atomic E-state index is 0.195. The van der Waals surface area contributed by atoms with Crippen LogP contribution in [0.3, 0.4) is 0 Å². The fraction of sp³-hybridized carbons (Fsp3) is 0.333. The largest absolute Gasteiger partial charge is 0.480 e. The number of aliphatic carboxylic acids is 1. The molecular weight excluding hydrogens is 236 g/mol. The summed E-state index contributed by atoms with van der Waals surface area (Å²) in [5, 5.41) is 16.4. The predicted molar refractivity (Wildman–Crippen MR) is 62.5 cm³/mol. The molecule has 0 radical (unpaired) electrons. The molecule has 18 heavy (non-hydrogen) atoms. The Bertz CT molecular complexity index is 580. The van der Waals surface area contributed by atoms with Gasteiger partial charge in [-0.15, -0.1) is 0 Å². The first kappa shape index (κ1) is 11.0. The van der Waals surface area contributed by atoms with Gasteiger partial charge in [-0.25, -0.2) is 0 Å². The second-order valence-corrected chi connectivity index (χ2v) is 4.26. The van der Waals surface area contributed by atoms with Gasteiger partial charge < -0.3 is 19.7 Å². The molecule has 6 nitrogen and oxygen atoms in total. The van der Waals surface area contributed by atoms with Crippen LogP contribution in [0.1, 0.15) is 6.42 Å². The lowest BCUT2D eigenvalue weighted by Crippen LogP contribution is -2.30. The van der Waals surface area contributed by atoms with Crippen molar-refractivity contribution in [3.63, 3.8) is 0 Å². The maximum absolute atomic E-state index is 10.8. The topological polar surface area (TPSA) is 84.6 Å². The fourth-order valence-corrected chi connectivity index (χ4v) is 2.09. The van der Waals surface area contributed by atoms with Crippen molar-refractivity contribution in [2.75, 3.05) is 6.54 Å². The van der Waals surface area contributed by atoms with Gasteiger partial charge in [0.25, 0.3) is 5.88 Å². The molecule has 1 aliphatic heterocycles. The minimum Gasteiger partial charge on any atom is -0.480 e. The summed E-state index contributed by atoms with van der Waals surface area (Å²) >= 11 is 0. The Morgan fingerprint density at radius 1 is 1.50 bits per heavy atom. The van der Waals surface area contributed by atoms with Gasteiger partial charge in [-0.1, -0.05) is 12.1 Å². The van der Waals surface area contributed by atoms with E-state index in [2.05, 4.69) is 10.5 Å². The standard InChI is InChI=1S/C12H12N2O4/c15-12(16)9-5-7(6-13-9)17-11-8-3-1-2-4-10(8)18-14-11/h1-4,7,9,13H,5-6H2,(H,15,16). The van der Waals surface area contributed by atoms with Crippen LogP contribution in [0.15, 0.2) is 28.8 Å². The average molecular weight is 248 g/mol. The Kier molecular flexibility index (Phi) is 2.64. The molecule has 1 fully saturated rings. The van der Waals surface area contributed by atoms with Gasteiger partial charge in [-0.2, -0.15) is 0 Å². The van der Waals surface area contributed by atoms with Crippen LogP contribution in [0.4, 0.5) is 0 Å². The van der Waals surface area contributed by atoms with Gasteiger partial charge in [-0.05, 0) is 17.3 Å². The predicted octanol–water partition coefficient (Wildman–Crippen LogP) is 1.02. The molecule has 2 heterocycles. The molecule has 6 heteroatoms. The van der Waals surface area contributed by atoms with Crippen LogP contribution in [0.5, 0.6) is 5.88 Å². The number of fused-ring (bicyclic) bond motifs is 1. The van der Waals surface area contributed by atoms with Crippen LogP contribution < -0.4 is 10.1 Å². The summed E-state index contributed by atoms with van der Waals surface area (Å²) < 4.78 is 10.8. The molecular formula is C12H12N2O4. The lowest BCUT2D eigenvalue weighted by atomic mass is 10.2. The number of carboxylic acid groups (broad SMARTS) is 1. The molecule has 1 aromatic carbocycles. The molecule has 0 bridgehead atoms. The molecule has 1 saturated heterocycles. The van der Waals surface area contributed by atoms with E-state index in [1.807, 2.05) is 24.3 Å². The Hall–Kier alpha value is -2.08. The molecule has 94 valence electrons. The van der Waals surface area contributed by atoms with Gasteiger partial charge in [0.05, 0.1) is 5.39 Å². The zero-order valence-corrected chi connectivity index (χ0v) is 9.50. The smallest absolute Gasteiger partial charge is 0.320 e. The highest BCUT2D eigenvalue weighted by Crippen LogP contribution is 2.26. The number of hydrogen-bond donors (Lipinski definition) is 2. The van der Waals surface area contributed by atoms with Crippen molar-refractivity contribution < 1.29 is 19.2 Å².